The van der Waals surface area contributed by atoms with Crippen molar-refractivity contribution in [3.05, 3.63) is 66.0 Å². The van der Waals surface area contributed by atoms with E-state index in [0.717, 1.165) is 12.0 Å². The summed E-state index contributed by atoms with van der Waals surface area (Å²) in [6.45, 7) is 1.96. The van der Waals surface area contributed by atoms with E-state index in [-0.39, 0.29) is 16.8 Å². The second-order valence-electron chi connectivity index (χ2n) is 5.69. The Kier molecular flexibility index (Phi) is 6.14. The molecule has 0 aliphatic heterocycles. The van der Waals surface area contributed by atoms with E-state index >= 15 is 0 Å². The molecule has 1 unspecified atom stereocenters. The number of urea groups is 1. The van der Waals surface area contributed by atoms with Crippen LogP contribution in [0, 0.1) is 5.82 Å². The summed E-state index contributed by atoms with van der Waals surface area (Å²) < 4.78 is 39.8. The molecular weight excluding hydrogens is 343 g/mol. The molecule has 2 aromatic rings. The second-order valence-corrected chi connectivity index (χ2v) is 7.37. The Hall–Kier alpha value is -2.41. The maximum Gasteiger partial charge on any atom is 0.331 e. The highest BCUT2D eigenvalue weighted by Gasteiger charge is 2.25. The Labute approximate surface area is 147 Å². The first kappa shape index (κ1) is 18.9. The molecule has 2 aromatic carbocycles. The first-order chi connectivity index (χ1) is 11.8. The van der Waals surface area contributed by atoms with Crippen LogP contribution in [0.1, 0.15) is 31.4 Å². The van der Waals surface area contributed by atoms with Crippen LogP contribution in [-0.4, -0.2) is 26.4 Å². The molecule has 2 rings (SSSR count). The number of rotatable bonds is 6. The highest BCUT2D eigenvalue weighted by molar-refractivity contribution is 7.90. The lowest BCUT2D eigenvalue weighted by Crippen LogP contribution is -2.42. The predicted molar refractivity (Wildman–Crippen MR) is 94.0 cm³/mol. The van der Waals surface area contributed by atoms with Crippen LogP contribution in [0.15, 0.2) is 59.5 Å². The summed E-state index contributed by atoms with van der Waals surface area (Å²) in [7, 11) is -2.42. The number of sulfonamides is 1. The maximum absolute atomic E-state index is 13.1. The lowest BCUT2D eigenvalue weighted by molar-refractivity contribution is 0.192. The van der Waals surface area contributed by atoms with Gasteiger partial charge in [0, 0.05) is 7.05 Å². The van der Waals surface area contributed by atoms with Gasteiger partial charge in [-0.15, -0.1) is 0 Å². The summed E-state index contributed by atoms with van der Waals surface area (Å²) in [6, 6.07) is 12.5. The number of halogens is 1. The van der Waals surface area contributed by atoms with E-state index in [1.54, 1.807) is 30.3 Å². The van der Waals surface area contributed by atoms with Crippen LogP contribution in [-0.2, 0) is 10.0 Å². The molecule has 1 atom stereocenters. The van der Waals surface area contributed by atoms with Crippen molar-refractivity contribution in [1.29, 1.82) is 0 Å². The van der Waals surface area contributed by atoms with Gasteiger partial charge < -0.3 is 4.90 Å². The Balaban J connectivity index is 2.19. The molecule has 1 N–H and O–H groups in total. The molecule has 0 heterocycles. The Morgan fingerprint density at radius 1 is 1.12 bits per heavy atom. The molecule has 0 saturated carbocycles. The van der Waals surface area contributed by atoms with Gasteiger partial charge in [-0.3, -0.25) is 0 Å². The number of hydrogen-bond acceptors (Lipinski definition) is 3. The summed E-state index contributed by atoms with van der Waals surface area (Å²) in [5, 5.41) is 0. The van der Waals surface area contributed by atoms with Crippen LogP contribution in [0.5, 0.6) is 0 Å². The van der Waals surface area contributed by atoms with Crippen LogP contribution in [0.3, 0.4) is 0 Å². The van der Waals surface area contributed by atoms with Crippen molar-refractivity contribution >= 4 is 16.1 Å². The van der Waals surface area contributed by atoms with Crippen LogP contribution >= 0.6 is 0 Å². The number of amides is 2. The monoisotopic (exact) mass is 364 g/mol. The van der Waals surface area contributed by atoms with Crippen molar-refractivity contribution in [2.75, 3.05) is 7.05 Å². The molecule has 0 bridgehead atoms. The smallest absolute Gasteiger partial charge is 0.320 e. The molecule has 25 heavy (non-hydrogen) atoms. The minimum atomic E-state index is -3.94. The number of nitrogens with zero attached hydrogens (tertiary/aromatic N) is 1. The summed E-state index contributed by atoms with van der Waals surface area (Å²) in [4.78, 5) is 13.8. The number of hydrogen-bond donors (Lipinski definition) is 1. The van der Waals surface area contributed by atoms with E-state index in [1.165, 1.54) is 36.2 Å². The van der Waals surface area contributed by atoms with Crippen LogP contribution in [0.2, 0.25) is 0 Å². The van der Waals surface area contributed by atoms with Crippen molar-refractivity contribution in [1.82, 2.24) is 9.62 Å². The molecule has 7 heteroatoms. The molecule has 5 nitrogen and oxygen atoms in total. The molecule has 134 valence electrons. The summed E-state index contributed by atoms with van der Waals surface area (Å²) in [6.07, 6.45) is 1.41. The highest BCUT2D eigenvalue weighted by Crippen LogP contribution is 2.25. The highest BCUT2D eigenvalue weighted by atomic mass is 32.2. The molecule has 2 amide bonds. The second kappa shape index (κ2) is 8.11. The van der Waals surface area contributed by atoms with E-state index in [1.807, 2.05) is 6.92 Å². The van der Waals surface area contributed by atoms with Gasteiger partial charge in [0.15, 0.2) is 0 Å². The Morgan fingerprint density at radius 3 is 2.28 bits per heavy atom. The minimum absolute atomic E-state index is 0.0190. The molecule has 0 fully saturated rings. The van der Waals surface area contributed by atoms with Gasteiger partial charge in [0.25, 0.3) is 10.0 Å². The maximum atomic E-state index is 13.1. The molecule has 0 aliphatic rings. The van der Waals surface area contributed by atoms with Crippen LogP contribution in [0.25, 0.3) is 0 Å². The van der Waals surface area contributed by atoms with Crippen molar-refractivity contribution in [3.8, 4) is 0 Å². The Morgan fingerprint density at radius 2 is 1.72 bits per heavy atom. The van der Waals surface area contributed by atoms with Crippen molar-refractivity contribution < 1.29 is 17.6 Å². The lowest BCUT2D eigenvalue weighted by Gasteiger charge is -2.28. The van der Waals surface area contributed by atoms with Gasteiger partial charge in [-0.25, -0.2) is 22.3 Å². The van der Waals surface area contributed by atoms with E-state index in [9.17, 15) is 17.6 Å². The molecule has 0 aliphatic carbocycles. The van der Waals surface area contributed by atoms with Crippen LogP contribution in [0.4, 0.5) is 9.18 Å². The fourth-order valence-corrected chi connectivity index (χ4v) is 3.54. The molecular formula is C18H21FN2O3S. The predicted octanol–water partition coefficient (Wildman–Crippen LogP) is 3.70. The minimum Gasteiger partial charge on any atom is -0.320 e. The number of carbonyl (C=O) groups excluding carboxylic acids is 1. The molecule has 0 saturated heterocycles. The number of carbonyl (C=O) groups is 1. The summed E-state index contributed by atoms with van der Waals surface area (Å²) in [5.41, 5.74) is 0.748. The fourth-order valence-electron chi connectivity index (χ4n) is 2.53. The fraction of sp³-hybridized carbons (Fsp3) is 0.278. The molecule has 0 radical (unpaired) electrons. The van der Waals surface area contributed by atoms with E-state index in [0.29, 0.717) is 6.42 Å². The normalized spacial score (nSPS) is 12.4. The first-order valence-corrected chi connectivity index (χ1v) is 9.43. The van der Waals surface area contributed by atoms with Gasteiger partial charge in [0.1, 0.15) is 5.82 Å². The van der Waals surface area contributed by atoms with Gasteiger partial charge in [0.05, 0.1) is 10.9 Å². The average molecular weight is 364 g/mol. The zero-order chi connectivity index (χ0) is 18.4. The number of nitrogens with one attached hydrogen (secondary N) is 1. The third-order valence-electron chi connectivity index (χ3n) is 3.88. The lowest BCUT2D eigenvalue weighted by atomic mass is 10.0. The topological polar surface area (TPSA) is 66.5 Å². The summed E-state index contributed by atoms with van der Waals surface area (Å²) >= 11 is 0. The van der Waals surface area contributed by atoms with Crippen molar-refractivity contribution in [3.63, 3.8) is 0 Å². The number of benzene rings is 2. The molecule has 0 aromatic heterocycles. The van der Waals surface area contributed by atoms with Crippen molar-refractivity contribution in [2.24, 2.45) is 0 Å². The van der Waals surface area contributed by atoms with Gasteiger partial charge >= 0.3 is 6.03 Å². The summed E-state index contributed by atoms with van der Waals surface area (Å²) in [5.74, 6) is -0.363. The zero-order valence-electron chi connectivity index (χ0n) is 14.1. The van der Waals surface area contributed by atoms with Gasteiger partial charge in [0.2, 0.25) is 0 Å². The van der Waals surface area contributed by atoms with Gasteiger partial charge in [-0.05, 0) is 36.2 Å². The quantitative estimate of drug-likeness (QED) is 0.850. The SMILES string of the molecule is CCCC(c1ccc(F)cc1)N(C)C(=O)NS(=O)(=O)c1ccccc1. The largest absolute Gasteiger partial charge is 0.331 e. The third-order valence-corrected chi connectivity index (χ3v) is 5.22. The molecule has 0 spiro atoms. The van der Waals surface area contributed by atoms with Crippen molar-refractivity contribution in [2.45, 2.75) is 30.7 Å². The van der Waals surface area contributed by atoms with Gasteiger partial charge in [-0.2, -0.15) is 0 Å². The third kappa shape index (κ3) is 4.79. The zero-order valence-corrected chi connectivity index (χ0v) is 15.0. The first-order valence-electron chi connectivity index (χ1n) is 7.95. The van der Waals surface area contributed by atoms with E-state index < -0.39 is 16.1 Å². The average Bonchev–Trinajstić information content (AvgIpc) is 2.60. The Bertz CT molecular complexity index is 808. The van der Waals surface area contributed by atoms with Gasteiger partial charge in [-0.1, -0.05) is 43.7 Å². The van der Waals surface area contributed by atoms with Crippen LogP contribution < -0.4 is 4.72 Å². The standard InChI is InChI=1S/C18H21FN2O3S/c1-3-7-17(14-10-12-15(19)13-11-14)21(2)18(22)20-25(23,24)16-8-5-4-6-9-16/h4-6,8-13,17H,3,7H2,1-2H3,(H,20,22). The van der Waals surface area contributed by atoms with E-state index in [2.05, 4.69) is 4.72 Å². The van der Waals surface area contributed by atoms with E-state index in [4.69, 9.17) is 0 Å².